The number of amides is 2. The van der Waals surface area contributed by atoms with Crippen molar-refractivity contribution in [3.8, 4) is 5.75 Å². The zero-order chi connectivity index (χ0) is 18.8. The number of benzene rings is 1. The van der Waals surface area contributed by atoms with Crippen molar-refractivity contribution < 1.29 is 9.90 Å². The minimum Gasteiger partial charge on any atom is -0.508 e. The molecule has 2 N–H and O–H groups in total. The molecule has 2 amide bonds. The Morgan fingerprint density at radius 2 is 1.68 bits per heavy atom. The Balaban J connectivity index is 2.58. The normalized spacial score (nSPS) is 12.4. The summed E-state index contributed by atoms with van der Waals surface area (Å²) in [6.07, 6.45) is 0.748. The number of nitrogens with one attached hydrogen (secondary N) is 1. The van der Waals surface area contributed by atoms with Gasteiger partial charge in [0, 0.05) is 25.7 Å². The monoisotopic (exact) mass is 349 g/mol. The number of phenolic OH excluding ortho intramolecular Hbond substituents is 1. The van der Waals surface area contributed by atoms with Crippen molar-refractivity contribution in [3.05, 3.63) is 29.8 Å². The molecule has 0 aromatic heterocycles. The fourth-order valence-electron chi connectivity index (χ4n) is 2.86. The van der Waals surface area contributed by atoms with Gasteiger partial charge in [-0.05, 0) is 50.0 Å². The van der Waals surface area contributed by atoms with Gasteiger partial charge >= 0.3 is 6.03 Å². The summed E-state index contributed by atoms with van der Waals surface area (Å²) in [5.41, 5.74) is 1.10. The largest absolute Gasteiger partial charge is 0.508 e. The van der Waals surface area contributed by atoms with E-state index in [4.69, 9.17) is 0 Å². The Bertz CT molecular complexity index is 498. The quantitative estimate of drug-likeness (QED) is 0.681. The van der Waals surface area contributed by atoms with Crippen molar-refractivity contribution in [2.45, 2.75) is 47.1 Å². The average Bonchev–Trinajstić information content (AvgIpc) is 2.56. The summed E-state index contributed by atoms with van der Waals surface area (Å²) in [6.45, 7) is 15.0. The van der Waals surface area contributed by atoms with Crippen LogP contribution in [0.1, 0.15) is 40.2 Å². The van der Waals surface area contributed by atoms with E-state index in [1.807, 2.05) is 24.0 Å². The third-order valence-corrected chi connectivity index (χ3v) is 4.30. The van der Waals surface area contributed by atoms with Crippen LogP contribution in [0.2, 0.25) is 0 Å². The zero-order valence-electron chi connectivity index (χ0n) is 16.5. The highest BCUT2D eigenvalue weighted by atomic mass is 16.3. The lowest BCUT2D eigenvalue weighted by atomic mass is 10.1. The number of urea groups is 1. The molecule has 1 aromatic rings. The number of hydrogen-bond donors (Lipinski definition) is 2. The topological polar surface area (TPSA) is 55.8 Å². The molecule has 0 saturated carbocycles. The summed E-state index contributed by atoms with van der Waals surface area (Å²) >= 11 is 0. The van der Waals surface area contributed by atoms with Crippen LogP contribution in [0.4, 0.5) is 4.79 Å². The summed E-state index contributed by atoms with van der Waals surface area (Å²) < 4.78 is 0. The fourth-order valence-corrected chi connectivity index (χ4v) is 2.86. The first kappa shape index (κ1) is 21.3. The second-order valence-electron chi connectivity index (χ2n) is 7.09. The maximum atomic E-state index is 12.7. The summed E-state index contributed by atoms with van der Waals surface area (Å²) in [5.74, 6) is 0.704. The van der Waals surface area contributed by atoms with E-state index in [1.165, 1.54) is 0 Å². The van der Waals surface area contributed by atoms with E-state index in [9.17, 15) is 9.90 Å². The van der Waals surface area contributed by atoms with Gasteiger partial charge in [0.25, 0.3) is 0 Å². The number of likely N-dealkylation sites (N-methyl/N-ethyl adjacent to an activating group) is 1. The molecule has 5 heteroatoms. The van der Waals surface area contributed by atoms with Crippen LogP contribution in [0, 0.1) is 5.92 Å². The second-order valence-corrected chi connectivity index (χ2v) is 7.09. The maximum Gasteiger partial charge on any atom is 0.317 e. The van der Waals surface area contributed by atoms with Crippen LogP contribution in [-0.2, 0) is 6.42 Å². The van der Waals surface area contributed by atoms with E-state index in [1.54, 1.807) is 12.1 Å². The van der Waals surface area contributed by atoms with Crippen molar-refractivity contribution in [3.63, 3.8) is 0 Å². The van der Waals surface area contributed by atoms with Gasteiger partial charge in [-0.3, -0.25) is 0 Å². The molecule has 0 radical (unpaired) electrons. The minimum atomic E-state index is 0.00661. The molecule has 0 aliphatic rings. The third kappa shape index (κ3) is 8.25. The van der Waals surface area contributed by atoms with Gasteiger partial charge in [0.1, 0.15) is 5.75 Å². The molecule has 0 heterocycles. The van der Waals surface area contributed by atoms with Gasteiger partial charge < -0.3 is 20.2 Å². The molecular weight excluding hydrogens is 314 g/mol. The van der Waals surface area contributed by atoms with Crippen LogP contribution in [0.3, 0.4) is 0 Å². The van der Waals surface area contributed by atoms with Gasteiger partial charge in [-0.2, -0.15) is 0 Å². The first-order chi connectivity index (χ1) is 11.8. The molecule has 1 atom stereocenters. The van der Waals surface area contributed by atoms with Crippen molar-refractivity contribution in [1.29, 1.82) is 0 Å². The van der Waals surface area contributed by atoms with E-state index in [0.29, 0.717) is 5.92 Å². The summed E-state index contributed by atoms with van der Waals surface area (Å²) in [7, 11) is 0. The van der Waals surface area contributed by atoms with Crippen LogP contribution in [0.25, 0.3) is 0 Å². The minimum absolute atomic E-state index is 0.00661. The van der Waals surface area contributed by atoms with Gasteiger partial charge in [0.2, 0.25) is 0 Å². The van der Waals surface area contributed by atoms with Gasteiger partial charge in [-0.1, -0.05) is 39.8 Å². The standard InChI is InChI=1S/C20H35N3O2/c1-6-22(7-2)12-13-23(15-16(3)4)20(25)21-17(5)14-18-8-10-19(24)11-9-18/h8-11,16-17,24H,6-7,12-15H2,1-5H3,(H,21,25). The van der Waals surface area contributed by atoms with Crippen LogP contribution in [-0.4, -0.2) is 59.7 Å². The van der Waals surface area contributed by atoms with Gasteiger partial charge in [0.15, 0.2) is 0 Å². The molecule has 25 heavy (non-hydrogen) atoms. The Hall–Kier alpha value is -1.75. The number of nitrogens with zero attached hydrogens (tertiary/aromatic N) is 2. The van der Waals surface area contributed by atoms with E-state index >= 15 is 0 Å². The Morgan fingerprint density at radius 1 is 1.08 bits per heavy atom. The highest BCUT2D eigenvalue weighted by Gasteiger charge is 2.17. The van der Waals surface area contributed by atoms with Crippen LogP contribution >= 0.6 is 0 Å². The van der Waals surface area contributed by atoms with Gasteiger partial charge in [-0.15, -0.1) is 0 Å². The fraction of sp³-hybridized carbons (Fsp3) is 0.650. The van der Waals surface area contributed by atoms with Crippen molar-refractivity contribution in [2.24, 2.45) is 5.92 Å². The van der Waals surface area contributed by atoms with Gasteiger partial charge in [0.05, 0.1) is 0 Å². The highest BCUT2D eigenvalue weighted by Crippen LogP contribution is 2.11. The lowest BCUT2D eigenvalue weighted by Gasteiger charge is -2.29. The molecule has 1 unspecified atom stereocenters. The molecule has 1 aromatic carbocycles. The molecule has 0 bridgehead atoms. The molecule has 1 rings (SSSR count). The van der Waals surface area contributed by atoms with E-state index in [0.717, 1.165) is 44.7 Å². The summed E-state index contributed by atoms with van der Waals surface area (Å²) in [4.78, 5) is 16.9. The molecule has 5 nitrogen and oxygen atoms in total. The third-order valence-electron chi connectivity index (χ3n) is 4.30. The maximum absolute atomic E-state index is 12.7. The van der Waals surface area contributed by atoms with E-state index in [2.05, 4.69) is 37.9 Å². The SMILES string of the molecule is CCN(CC)CCN(CC(C)C)C(=O)NC(C)Cc1ccc(O)cc1. The van der Waals surface area contributed by atoms with Crippen molar-refractivity contribution in [2.75, 3.05) is 32.7 Å². The molecular formula is C20H35N3O2. The smallest absolute Gasteiger partial charge is 0.317 e. The Kier molecular flexibility index (Phi) is 9.35. The number of carbonyl (C=O) groups excluding carboxylic acids is 1. The first-order valence-electron chi connectivity index (χ1n) is 9.41. The lowest BCUT2D eigenvalue weighted by molar-refractivity contribution is 0.175. The van der Waals surface area contributed by atoms with Crippen LogP contribution in [0.15, 0.2) is 24.3 Å². The van der Waals surface area contributed by atoms with Crippen molar-refractivity contribution in [1.82, 2.24) is 15.1 Å². The highest BCUT2D eigenvalue weighted by molar-refractivity contribution is 5.74. The molecule has 0 saturated heterocycles. The number of hydrogen-bond acceptors (Lipinski definition) is 3. The molecule has 0 aliphatic carbocycles. The first-order valence-corrected chi connectivity index (χ1v) is 9.41. The van der Waals surface area contributed by atoms with Gasteiger partial charge in [-0.25, -0.2) is 4.79 Å². The Morgan fingerprint density at radius 3 is 2.20 bits per heavy atom. The molecule has 0 aliphatic heterocycles. The summed E-state index contributed by atoms with van der Waals surface area (Å²) in [6, 6.07) is 7.19. The average molecular weight is 350 g/mol. The van der Waals surface area contributed by atoms with Crippen LogP contribution < -0.4 is 5.32 Å². The number of rotatable bonds is 10. The van der Waals surface area contributed by atoms with E-state index < -0.39 is 0 Å². The predicted octanol–water partition coefficient (Wildman–Crippen LogP) is 3.33. The van der Waals surface area contributed by atoms with E-state index in [-0.39, 0.29) is 17.8 Å². The molecule has 0 fully saturated rings. The zero-order valence-corrected chi connectivity index (χ0v) is 16.5. The van der Waals surface area contributed by atoms with Crippen molar-refractivity contribution >= 4 is 6.03 Å². The second kappa shape index (κ2) is 11.0. The number of carbonyl (C=O) groups is 1. The van der Waals surface area contributed by atoms with Crippen LogP contribution in [0.5, 0.6) is 5.75 Å². The lowest BCUT2D eigenvalue weighted by Crippen LogP contribution is -2.48. The number of phenols is 1. The number of aromatic hydroxyl groups is 1. The Labute approximate surface area is 153 Å². The summed E-state index contributed by atoms with van der Waals surface area (Å²) in [5, 5.41) is 12.5. The molecule has 142 valence electrons. The predicted molar refractivity (Wildman–Crippen MR) is 104 cm³/mol. The molecule has 0 spiro atoms.